The minimum Gasteiger partial charge on any atom is -0.383 e. The Morgan fingerprint density at radius 1 is 1.47 bits per heavy atom. The molecule has 1 heterocycles. The summed E-state index contributed by atoms with van der Waals surface area (Å²) in [6.07, 6.45) is 0.771. The fourth-order valence-corrected chi connectivity index (χ4v) is 1.48. The quantitative estimate of drug-likeness (QED) is 0.613. The molecular formula is C12H21N5O2. The smallest absolute Gasteiger partial charge is 0.271 e. The molecule has 1 unspecified atom stereocenters. The number of hydrogen-bond donors (Lipinski definition) is 3. The fraction of sp³-hybridized carbons (Fsp3) is 0.583. The van der Waals surface area contributed by atoms with Gasteiger partial charge in [0.05, 0.1) is 6.61 Å². The van der Waals surface area contributed by atoms with E-state index in [9.17, 15) is 4.79 Å². The number of nitrogens with two attached hydrogens (primary N) is 1. The van der Waals surface area contributed by atoms with Crippen LogP contribution in [-0.2, 0) is 4.74 Å². The van der Waals surface area contributed by atoms with Crippen LogP contribution in [0.2, 0.25) is 0 Å². The first-order chi connectivity index (χ1) is 9.17. The number of nitrogens with zero attached hydrogens (tertiary/aromatic N) is 2. The fourth-order valence-electron chi connectivity index (χ4n) is 1.48. The summed E-state index contributed by atoms with van der Waals surface area (Å²) in [6, 6.07) is 3.36. The maximum Gasteiger partial charge on any atom is 0.271 e. The molecule has 7 heteroatoms. The summed E-state index contributed by atoms with van der Waals surface area (Å²) in [5.41, 5.74) is 6.10. The lowest BCUT2D eigenvalue weighted by atomic mass is 10.2. The number of anilines is 1. The van der Waals surface area contributed by atoms with Gasteiger partial charge in [0.1, 0.15) is 5.82 Å². The van der Waals surface area contributed by atoms with Gasteiger partial charge in [0.25, 0.3) is 5.91 Å². The van der Waals surface area contributed by atoms with Crippen molar-refractivity contribution in [1.82, 2.24) is 15.5 Å². The second-order valence-electron chi connectivity index (χ2n) is 4.09. The lowest BCUT2D eigenvalue weighted by molar-refractivity contribution is 0.0950. The zero-order valence-electron chi connectivity index (χ0n) is 11.3. The van der Waals surface area contributed by atoms with Crippen LogP contribution in [0.4, 0.5) is 5.82 Å². The molecule has 0 aliphatic heterocycles. The maximum atomic E-state index is 11.5. The summed E-state index contributed by atoms with van der Waals surface area (Å²) >= 11 is 0. The second-order valence-corrected chi connectivity index (χ2v) is 4.09. The highest BCUT2D eigenvalue weighted by Gasteiger charge is 2.06. The zero-order chi connectivity index (χ0) is 14.1. The highest BCUT2D eigenvalue weighted by Crippen LogP contribution is 2.02. The van der Waals surface area contributed by atoms with Gasteiger partial charge in [-0.2, -0.15) is 0 Å². The van der Waals surface area contributed by atoms with E-state index in [1.807, 2.05) is 6.92 Å². The predicted molar refractivity (Wildman–Crippen MR) is 73.0 cm³/mol. The van der Waals surface area contributed by atoms with Crippen molar-refractivity contribution in [1.29, 1.82) is 0 Å². The van der Waals surface area contributed by atoms with Crippen LogP contribution in [0.25, 0.3) is 0 Å². The van der Waals surface area contributed by atoms with E-state index in [4.69, 9.17) is 10.5 Å². The number of carbonyl (C=O) groups excluding carboxylic acids is 1. The number of nitrogens with one attached hydrogen (secondary N) is 2. The Hall–Kier alpha value is -1.73. The maximum absolute atomic E-state index is 11.5. The van der Waals surface area contributed by atoms with E-state index >= 15 is 0 Å². The summed E-state index contributed by atoms with van der Waals surface area (Å²) in [4.78, 5) is 11.5. The second kappa shape index (κ2) is 8.39. The van der Waals surface area contributed by atoms with Gasteiger partial charge in [0, 0.05) is 26.2 Å². The molecular weight excluding hydrogens is 246 g/mol. The zero-order valence-corrected chi connectivity index (χ0v) is 11.3. The summed E-state index contributed by atoms with van der Waals surface area (Å²) < 4.78 is 4.95. The van der Waals surface area contributed by atoms with Crippen LogP contribution >= 0.6 is 0 Å². The summed E-state index contributed by atoms with van der Waals surface area (Å²) in [5, 5.41) is 13.5. The molecule has 1 aromatic rings. The monoisotopic (exact) mass is 267 g/mol. The van der Waals surface area contributed by atoms with Gasteiger partial charge in [-0.15, -0.1) is 10.2 Å². The average Bonchev–Trinajstić information content (AvgIpc) is 2.40. The number of aromatic nitrogens is 2. The normalized spacial score (nSPS) is 11.9. The van der Waals surface area contributed by atoms with Crippen molar-refractivity contribution in [3.8, 4) is 0 Å². The molecule has 1 atom stereocenters. The van der Waals surface area contributed by atoms with Gasteiger partial charge in [0.15, 0.2) is 5.69 Å². The van der Waals surface area contributed by atoms with Gasteiger partial charge in [-0.1, -0.05) is 0 Å². The van der Waals surface area contributed by atoms with E-state index in [1.54, 1.807) is 19.2 Å². The van der Waals surface area contributed by atoms with Crippen LogP contribution < -0.4 is 16.4 Å². The van der Waals surface area contributed by atoms with Crippen LogP contribution in [0, 0.1) is 0 Å². The van der Waals surface area contributed by atoms with E-state index in [0.29, 0.717) is 31.2 Å². The number of methoxy groups -OCH3 is 1. The third kappa shape index (κ3) is 5.62. The molecule has 7 nitrogen and oxygen atoms in total. The highest BCUT2D eigenvalue weighted by atomic mass is 16.5. The Labute approximate surface area is 112 Å². The molecule has 0 saturated heterocycles. The number of amides is 1. The predicted octanol–water partition coefficient (Wildman–Crippen LogP) is 0.00200. The number of hydrogen-bond acceptors (Lipinski definition) is 6. The Balaban J connectivity index is 2.38. The Bertz CT molecular complexity index is 382. The van der Waals surface area contributed by atoms with Crippen molar-refractivity contribution in [3.63, 3.8) is 0 Å². The van der Waals surface area contributed by atoms with Crippen LogP contribution in [0.3, 0.4) is 0 Å². The van der Waals surface area contributed by atoms with Crippen LogP contribution in [0.15, 0.2) is 12.1 Å². The third-order valence-corrected chi connectivity index (χ3v) is 2.44. The molecule has 1 amide bonds. The standard InChI is InChI=1S/C12H21N5O2/c1-3-14-12(18)10-4-5-11(17-16-10)15-7-6-9(13)8-19-2/h4-5,9H,3,6-8,13H2,1-2H3,(H,14,18)(H,15,17). The Morgan fingerprint density at radius 3 is 2.84 bits per heavy atom. The molecule has 0 aliphatic rings. The first-order valence-corrected chi connectivity index (χ1v) is 6.27. The first-order valence-electron chi connectivity index (χ1n) is 6.27. The van der Waals surface area contributed by atoms with Crippen LogP contribution in [0.5, 0.6) is 0 Å². The SMILES string of the molecule is CCNC(=O)c1ccc(NCCC(N)COC)nn1. The van der Waals surface area contributed by atoms with E-state index in [-0.39, 0.29) is 11.9 Å². The van der Waals surface area contributed by atoms with Gasteiger partial charge >= 0.3 is 0 Å². The van der Waals surface area contributed by atoms with Gasteiger partial charge in [-0.05, 0) is 25.5 Å². The van der Waals surface area contributed by atoms with E-state index in [0.717, 1.165) is 6.42 Å². The molecule has 0 fully saturated rings. The summed E-state index contributed by atoms with van der Waals surface area (Å²) in [6.45, 7) is 3.63. The topological polar surface area (TPSA) is 102 Å². The number of carbonyl (C=O) groups is 1. The molecule has 1 aromatic heterocycles. The Morgan fingerprint density at radius 2 is 2.26 bits per heavy atom. The van der Waals surface area contributed by atoms with Gasteiger partial charge in [0.2, 0.25) is 0 Å². The highest BCUT2D eigenvalue weighted by molar-refractivity contribution is 5.92. The van der Waals surface area contributed by atoms with Gasteiger partial charge in [-0.25, -0.2) is 0 Å². The molecule has 1 rings (SSSR count). The number of ether oxygens (including phenoxy) is 1. The molecule has 0 bridgehead atoms. The lowest BCUT2D eigenvalue weighted by Crippen LogP contribution is -2.28. The van der Waals surface area contributed by atoms with Crippen LogP contribution in [-0.4, -0.2) is 49.0 Å². The average molecular weight is 267 g/mol. The first kappa shape index (κ1) is 15.3. The Kier molecular flexibility index (Phi) is 6.76. The van der Waals surface area contributed by atoms with E-state index in [2.05, 4.69) is 20.8 Å². The van der Waals surface area contributed by atoms with E-state index < -0.39 is 0 Å². The third-order valence-electron chi connectivity index (χ3n) is 2.44. The van der Waals surface area contributed by atoms with Crippen molar-refractivity contribution in [2.45, 2.75) is 19.4 Å². The van der Waals surface area contributed by atoms with Crippen molar-refractivity contribution >= 4 is 11.7 Å². The lowest BCUT2D eigenvalue weighted by Gasteiger charge is -2.11. The molecule has 0 aromatic carbocycles. The molecule has 0 saturated carbocycles. The van der Waals surface area contributed by atoms with Gasteiger partial charge in [-0.3, -0.25) is 4.79 Å². The molecule has 0 radical (unpaired) electrons. The van der Waals surface area contributed by atoms with Crippen LogP contribution in [0.1, 0.15) is 23.8 Å². The minimum atomic E-state index is -0.219. The molecule has 106 valence electrons. The minimum absolute atomic E-state index is 0.0000596. The van der Waals surface area contributed by atoms with Crippen molar-refractivity contribution in [2.24, 2.45) is 5.73 Å². The number of rotatable bonds is 8. The molecule has 0 spiro atoms. The molecule has 0 aliphatic carbocycles. The van der Waals surface area contributed by atoms with Gasteiger partial charge < -0.3 is 21.1 Å². The van der Waals surface area contributed by atoms with Crippen molar-refractivity contribution in [3.05, 3.63) is 17.8 Å². The summed E-state index contributed by atoms with van der Waals surface area (Å²) in [5.74, 6) is 0.404. The molecule has 4 N–H and O–H groups in total. The van der Waals surface area contributed by atoms with Crippen molar-refractivity contribution < 1.29 is 9.53 Å². The largest absolute Gasteiger partial charge is 0.383 e. The summed E-state index contributed by atoms with van der Waals surface area (Å²) in [7, 11) is 1.62. The van der Waals surface area contributed by atoms with Crippen molar-refractivity contribution in [2.75, 3.05) is 32.1 Å². The van der Waals surface area contributed by atoms with E-state index in [1.165, 1.54) is 0 Å². The molecule has 19 heavy (non-hydrogen) atoms.